The van der Waals surface area contributed by atoms with Crippen LogP contribution in [0.4, 0.5) is 4.39 Å². The molecule has 6 nitrogen and oxygen atoms in total. The van der Waals surface area contributed by atoms with E-state index < -0.39 is 18.0 Å². The van der Waals surface area contributed by atoms with Gasteiger partial charge < -0.3 is 14.8 Å². The number of hydrazone groups is 1. The van der Waals surface area contributed by atoms with Gasteiger partial charge in [0.25, 0.3) is 0 Å². The molecular weight excluding hydrogens is 420 g/mol. The molecule has 2 aliphatic heterocycles. The molecule has 0 unspecified atom stereocenters. The number of rotatable bonds is 4. The fourth-order valence-corrected chi connectivity index (χ4v) is 3.43. The molecule has 0 radical (unpaired) electrons. The number of nitrogens with zero attached hydrogens (tertiary/aromatic N) is 1. The molecule has 2 N–H and O–H groups in total. The minimum atomic E-state index is -0.496. The highest BCUT2D eigenvalue weighted by Gasteiger charge is 2.30. The molecule has 0 saturated carbocycles. The zero-order valence-corrected chi connectivity index (χ0v) is 16.9. The van der Waals surface area contributed by atoms with Crippen molar-refractivity contribution < 1.29 is 18.7 Å². The minimum absolute atomic E-state index is 0. The van der Waals surface area contributed by atoms with Gasteiger partial charge in [-0.3, -0.25) is 4.79 Å². The van der Waals surface area contributed by atoms with Crippen molar-refractivity contribution in [2.75, 3.05) is 19.7 Å². The first-order chi connectivity index (χ1) is 13.6. The molecule has 154 valence electrons. The van der Waals surface area contributed by atoms with Crippen LogP contribution in [0.1, 0.15) is 23.7 Å². The molecule has 2 aromatic carbocycles. The zero-order chi connectivity index (χ0) is 19.5. The molecule has 1 amide bonds. The Kier molecular flexibility index (Phi) is 7.08. The summed E-state index contributed by atoms with van der Waals surface area (Å²) in [5.74, 6) is -0.0581. The molecule has 1 fully saturated rings. The van der Waals surface area contributed by atoms with Crippen LogP contribution in [0.15, 0.2) is 47.6 Å². The third kappa shape index (κ3) is 4.87. The normalized spacial score (nSPS) is 21.6. The van der Waals surface area contributed by atoms with E-state index in [0.717, 1.165) is 5.56 Å². The monoisotopic (exact) mass is 439 g/mol. The molecule has 2 heterocycles. The van der Waals surface area contributed by atoms with E-state index in [9.17, 15) is 9.18 Å². The number of hydrogen-bond donors (Lipinski definition) is 2. The van der Waals surface area contributed by atoms with Crippen LogP contribution in [0, 0.1) is 5.82 Å². The van der Waals surface area contributed by atoms with Crippen LogP contribution in [0.25, 0.3) is 0 Å². The summed E-state index contributed by atoms with van der Waals surface area (Å²) in [4.78, 5) is 11.5. The average Bonchev–Trinajstić information content (AvgIpc) is 2.99. The van der Waals surface area contributed by atoms with E-state index in [0.29, 0.717) is 36.7 Å². The van der Waals surface area contributed by atoms with Crippen LogP contribution < -0.4 is 15.5 Å². The first-order valence-electron chi connectivity index (χ1n) is 9.00. The number of ether oxygens (including phenoxy) is 2. The summed E-state index contributed by atoms with van der Waals surface area (Å²) in [6.45, 7) is 1.66. The predicted octanol–water partition coefficient (Wildman–Crippen LogP) is 3.23. The van der Waals surface area contributed by atoms with E-state index in [2.05, 4.69) is 15.8 Å². The molecule has 9 heteroatoms. The van der Waals surface area contributed by atoms with Gasteiger partial charge in [0.1, 0.15) is 23.8 Å². The number of para-hydroxylation sites is 1. The van der Waals surface area contributed by atoms with Crippen molar-refractivity contribution in [2.24, 2.45) is 5.10 Å². The van der Waals surface area contributed by atoms with Crippen LogP contribution in [-0.2, 0) is 9.53 Å². The number of amides is 1. The second-order valence-electron chi connectivity index (χ2n) is 6.59. The highest BCUT2D eigenvalue weighted by atomic mass is 35.5. The molecular formula is C20H20Cl2FN3O3. The van der Waals surface area contributed by atoms with Gasteiger partial charge >= 0.3 is 0 Å². The van der Waals surface area contributed by atoms with Crippen molar-refractivity contribution in [3.05, 3.63) is 64.4 Å². The van der Waals surface area contributed by atoms with Crippen LogP contribution >= 0.6 is 24.0 Å². The van der Waals surface area contributed by atoms with Crippen molar-refractivity contribution >= 4 is 35.6 Å². The Labute approximate surface area is 178 Å². The van der Waals surface area contributed by atoms with E-state index in [1.165, 1.54) is 12.1 Å². The van der Waals surface area contributed by atoms with E-state index in [1.807, 2.05) is 24.3 Å². The van der Waals surface area contributed by atoms with Gasteiger partial charge in [-0.1, -0.05) is 29.8 Å². The minimum Gasteiger partial charge on any atom is -0.485 e. The largest absolute Gasteiger partial charge is 0.485 e. The second kappa shape index (κ2) is 9.54. The highest BCUT2D eigenvalue weighted by Crippen LogP contribution is 2.31. The topological polar surface area (TPSA) is 72.0 Å². The molecule has 29 heavy (non-hydrogen) atoms. The van der Waals surface area contributed by atoms with Crippen LogP contribution in [0.2, 0.25) is 5.02 Å². The summed E-state index contributed by atoms with van der Waals surface area (Å²) in [7, 11) is 0. The van der Waals surface area contributed by atoms with Gasteiger partial charge in [0.2, 0.25) is 5.91 Å². The first kappa shape index (κ1) is 21.5. The van der Waals surface area contributed by atoms with Crippen molar-refractivity contribution in [1.29, 1.82) is 0 Å². The van der Waals surface area contributed by atoms with Gasteiger partial charge in [-0.2, -0.15) is 5.10 Å². The number of benzene rings is 2. The lowest BCUT2D eigenvalue weighted by atomic mass is 10.0. The summed E-state index contributed by atoms with van der Waals surface area (Å²) in [5.41, 5.74) is 4.48. The SMILES string of the molecule is Cl.O=C1CC(c2ccccc2O[C@@H]2CNCCO[C@H]2c2ccc(Cl)c(F)c2)=NN1. The molecule has 0 spiro atoms. The Morgan fingerprint density at radius 1 is 1.24 bits per heavy atom. The summed E-state index contributed by atoms with van der Waals surface area (Å²) in [6, 6.07) is 12.0. The van der Waals surface area contributed by atoms with Gasteiger partial charge in [-0.05, 0) is 29.8 Å². The van der Waals surface area contributed by atoms with E-state index in [4.69, 9.17) is 21.1 Å². The van der Waals surface area contributed by atoms with Crippen molar-refractivity contribution in [2.45, 2.75) is 18.6 Å². The van der Waals surface area contributed by atoms with Crippen LogP contribution in [-0.4, -0.2) is 37.4 Å². The van der Waals surface area contributed by atoms with Gasteiger partial charge in [0, 0.05) is 18.7 Å². The molecule has 1 saturated heterocycles. The molecule has 0 aliphatic carbocycles. The summed E-state index contributed by atoms with van der Waals surface area (Å²) >= 11 is 5.82. The fourth-order valence-electron chi connectivity index (χ4n) is 3.31. The smallest absolute Gasteiger partial charge is 0.246 e. The summed E-state index contributed by atoms with van der Waals surface area (Å²) in [6.07, 6.45) is -0.680. The maximum Gasteiger partial charge on any atom is 0.246 e. The highest BCUT2D eigenvalue weighted by molar-refractivity contribution is 6.30. The van der Waals surface area contributed by atoms with Gasteiger partial charge in [-0.15, -0.1) is 12.4 Å². The maximum atomic E-state index is 14.0. The quantitative estimate of drug-likeness (QED) is 0.766. The van der Waals surface area contributed by atoms with Crippen LogP contribution in [0.3, 0.4) is 0 Å². The first-order valence-corrected chi connectivity index (χ1v) is 9.38. The van der Waals surface area contributed by atoms with Gasteiger partial charge in [0.05, 0.1) is 23.8 Å². The van der Waals surface area contributed by atoms with E-state index in [-0.39, 0.29) is 29.8 Å². The number of nitrogens with one attached hydrogen (secondary N) is 2. The molecule has 0 bridgehead atoms. The molecule has 2 aromatic rings. The summed E-state index contributed by atoms with van der Waals surface area (Å²) in [5, 5.41) is 7.42. The predicted molar refractivity (Wildman–Crippen MR) is 110 cm³/mol. The molecule has 2 atom stereocenters. The maximum absolute atomic E-state index is 14.0. The molecule has 4 rings (SSSR count). The Morgan fingerprint density at radius 3 is 2.83 bits per heavy atom. The van der Waals surface area contributed by atoms with Crippen molar-refractivity contribution in [1.82, 2.24) is 10.7 Å². The average molecular weight is 440 g/mol. The Bertz CT molecular complexity index is 926. The second-order valence-corrected chi connectivity index (χ2v) is 7.00. The van der Waals surface area contributed by atoms with Crippen LogP contribution in [0.5, 0.6) is 5.75 Å². The lowest BCUT2D eigenvalue weighted by Crippen LogP contribution is -2.34. The van der Waals surface area contributed by atoms with E-state index in [1.54, 1.807) is 6.07 Å². The third-order valence-electron chi connectivity index (χ3n) is 4.65. The van der Waals surface area contributed by atoms with Crippen molar-refractivity contribution in [3.8, 4) is 5.75 Å². The molecule has 2 aliphatic rings. The lowest BCUT2D eigenvalue weighted by Gasteiger charge is -2.27. The zero-order valence-electron chi connectivity index (χ0n) is 15.4. The fraction of sp³-hybridized carbons (Fsp3) is 0.300. The molecule has 0 aromatic heterocycles. The number of carbonyl (C=O) groups excluding carboxylic acids is 1. The number of halogens is 3. The standard InChI is InChI=1S/C20H19ClFN3O3.ClH/c21-14-6-5-12(9-15(14)22)20-18(11-23-7-8-27-20)28-17-4-2-1-3-13(17)16-10-19(26)25-24-16;/h1-6,9,18,20,23H,7-8,10-11H2,(H,25,26);1H/t18-,20+;/m1./s1. The number of hydrogen-bond acceptors (Lipinski definition) is 5. The Balaban J connectivity index is 0.00000240. The third-order valence-corrected chi connectivity index (χ3v) is 4.96. The number of carbonyl (C=O) groups is 1. The van der Waals surface area contributed by atoms with Gasteiger partial charge in [-0.25, -0.2) is 9.82 Å². The Morgan fingerprint density at radius 2 is 2.07 bits per heavy atom. The van der Waals surface area contributed by atoms with Crippen molar-refractivity contribution in [3.63, 3.8) is 0 Å². The van der Waals surface area contributed by atoms with E-state index >= 15 is 0 Å². The lowest BCUT2D eigenvalue weighted by molar-refractivity contribution is -0.119. The Hall–Kier alpha value is -2.19. The summed E-state index contributed by atoms with van der Waals surface area (Å²) < 4.78 is 26.2. The van der Waals surface area contributed by atoms with Gasteiger partial charge in [0.15, 0.2) is 0 Å².